The van der Waals surface area contributed by atoms with Crippen LogP contribution in [0, 0.1) is 11.3 Å². The molecule has 2 atom stereocenters. The van der Waals surface area contributed by atoms with Crippen LogP contribution in [0.25, 0.3) is 0 Å². The van der Waals surface area contributed by atoms with Gasteiger partial charge in [0.15, 0.2) is 0 Å². The molecule has 1 aromatic carbocycles. The van der Waals surface area contributed by atoms with Gasteiger partial charge in [0, 0.05) is 6.54 Å². The molecule has 19 heavy (non-hydrogen) atoms. The molecule has 0 saturated heterocycles. The lowest BCUT2D eigenvalue weighted by Crippen LogP contribution is -2.48. The Labute approximate surface area is 116 Å². The van der Waals surface area contributed by atoms with E-state index in [1.165, 1.54) is 6.42 Å². The predicted octanol–water partition coefficient (Wildman–Crippen LogP) is 3.26. The number of anilines is 1. The molecule has 0 radical (unpaired) electrons. The molecular formula is C16H26N2O. The van der Waals surface area contributed by atoms with Crippen LogP contribution in [0.5, 0.6) is 5.75 Å². The average Bonchev–Trinajstić information content (AvgIpc) is 2.60. The summed E-state index contributed by atoms with van der Waals surface area (Å²) in [7, 11) is 1.71. The summed E-state index contributed by atoms with van der Waals surface area (Å²) in [4.78, 5) is 0. The van der Waals surface area contributed by atoms with Gasteiger partial charge >= 0.3 is 0 Å². The summed E-state index contributed by atoms with van der Waals surface area (Å²) in [5, 5.41) is 3.68. The van der Waals surface area contributed by atoms with Gasteiger partial charge < -0.3 is 15.8 Å². The number of nitrogens with two attached hydrogens (primary N) is 1. The fourth-order valence-electron chi connectivity index (χ4n) is 3.63. The van der Waals surface area contributed by atoms with Crippen LogP contribution in [0.15, 0.2) is 24.3 Å². The maximum Gasteiger partial charge on any atom is 0.141 e. The van der Waals surface area contributed by atoms with E-state index in [1.807, 2.05) is 18.2 Å². The van der Waals surface area contributed by atoms with Crippen LogP contribution in [0.1, 0.15) is 33.6 Å². The Morgan fingerprint density at radius 2 is 2.05 bits per heavy atom. The second-order valence-electron chi connectivity index (χ2n) is 6.63. The van der Waals surface area contributed by atoms with Gasteiger partial charge in [-0.2, -0.15) is 0 Å². The molecule has 0 aliphatic heterocycles. The molecule has 0 aromatic heterocycles. The minimum absolute atomic E-state index is 0.0296. The van der Waals surface area contributed by atoms with Gasteiger partial charge in [-0.15, -0.1) is 0 Å². The number of hydrogen-bond donors (Lipinski definition) is 2. The molecule has 0 amide bonds. The normalized spacial score (nSPS) is 29.2. The van der Waals surface area contributed by atoms with Crippen molar-refractivity contribution in [2.45, 2.75) is 39.2 Å². The van der Waals surface area contributed by atoms with Crippen LogP contribution in [-0.4, -0.2) is 19.2 Å². The van der Waals surface area contributed by atoms with Crippen LogP contribution in [0.3, 0.4) is 0 Å². The van der Waals surface area contributed by atoms with Crippen molar-refractivity contribution in [1.82, 2.24) is 0 Å². The molecule has 3 nitrogen and oxygen atoms in total. The predicted molar refractivity (Wildman–Crippen MR) is 80.6 cm³/mol. The van der Waals surface area contributed by atoms with E-state index >= 15 is 0 Å². The first-order chi connectivity index (χ1) is 8.92. The standard InChI is InChI=1S/C16H26N2O/c1-12-9-15(2,3)10-16(12,11-17)18-13-7-5-6-8-14(13)19-4/h5-8,12,18H,9-11,17H2,1-4H3. The van der Waals surface area contributed by atoms with Gasteiger partial charge in [-0.3, -0.25) is 0 Å². The highest BCUT2D eigenvalue weighted by molar-refractivity contribution is 5.58. The molecule has 106 valence electrons. The van der Waals surface area contributed by atoms with E-state index in [4.69, 9.17) is 10.5 Å². The van der Waals surface area contributed by atoms with Crippen molar-refractivity contribution in [3.63, 3.8) is 0 Å². The van der Waals surface area contributed by atoms with E-state index in [9.17, 15) is 0 Å². The van der Waals surface area contributed by atoms with Crippen molar-refractivity contribution in [1.29, 1.82) is 0 Å². The van der Waals surface area contributed by atoms with Crippen molar-refractivity contribution < 1.29 is 4.74 Å². The number of para-hydroxylation sites is 2. The molecule has 1 fully saturated rings. The first kappa shape index (κ1) is 14.2. The van der Waals surface area contributed by atoms with Crippen molar-refractivity contribution in [2.75, 3.05) is 19.0 Å². The highest BCUT2D eigenvalue weighted by Crippen LogP contribution is 2.49. The fraction of sp³-hybridized carbons (Fsp3) is 0.625. The van der Waals surface area contributed by atoms with Crippen LogP contribution >= 0.6 is 0 Å². The average molecular weight is 262 g/mol. The Morgan fingerprint density at radius 3 is 2.58 bits per heavy atom. The number of hydrogen-bond acceptors (Lipinski definition) is 3. The van der Waals surface area contributed by atoms with E-state index in [0.717, 1.165) is 17.9 Å². The van der Waals surface area contributed by atoms with Crippen LogP contribution in [0.2, 0.25) is 0 Å². The van der Waals surface area contributed by atoms with Crippen molar-refractivity contribution in [3.8, 4) is 5.75 Å². The van der Waals surface area contributed by atoms with E-state index in [0.29, 0.717) is 17.9 Å². The zero-order valence-electron chi connectivity index (χ0n) is 12.5. The van der Waals surface area contributed by atoms with Crippen molar-refractivity contribution in [3.05, 3.63) is 24.3 Å². The van der Waals surface area contributed by atoms with Crippen molar-refractivity contribution >= 4 is 5.69 Å². The van der Waals surface area contributed by atoms with Crippen LogP contribution < -0.4 is 15.8 Å². The Hall–Kier alpha value is -1.22. The molecule has 3 N–H and O–H groups in total. The van der Waals surface area contributed by atoms with E-state index in [1.54, 1.807) is 7.11 Å². The zero-order valence-corrected chi connectivity index (χ0v) is 12.5. The molecule has 0 heterocycles. The summed E-state index contributed by atoms with van der Waals surface area (Å²) >= 11 is 0. The second kappa shape index (κ2) is 5.04. The van der Waals surface area contributed by atoms with Gasteiger partial charge in [0.1, 0.15) is 5.75 Å². The van der Waals surface area contributed by atoms with E-state index in [-0.39, 0.29) is 5.54 Å². The first-order valence-corrected chi connectivity index (χ1v) is 7.04. The topological polar surface area (TPSA) is 47.3 Å². The first-order valence-electron chi connectivity index (χ1n) is 7.04. The molecule has 1 aliphatic rings. The van der Waals surface area contributed by atoms with E-state index in [2.05, 4.69) is 32.2 Å². The maximum atomic E-state index is 6.12. The van der Waals surface area contributed by atoms with Gasteiger partial charge in [0.05, 0.1) is 18.3 Å². The van der Waals surface area contributed by atoms with Gasteiger partial charge in [-0.25, -0.2) is 0 Å². The molecular weight excluding hydrogens is 236 g/mol. The molecule has 3 heteroatoms. The number of rotatable bonds is 4. The Kier molecular flexibility index (Phi) is 3.77. The number of nitrogens with one attached hydrogen (secondary N) is 1. The molecule has 1 saturated carbocycles. The summed E-state index contributed by atoms with van der Waals surface area (Å²) < 4.78 is 5.43. The number of benzene rings is 1. The van der Waals surface area contributed by atoms with Crippen molar-refractivity contribution in [2.24, 2.45) is 17.1 Å². The summed E-state index contributed by atoms with van der Waals surface area (Å²) in [5.74, 6) is 1.43. The van der Waals surface area contributed by atoms with Gasteiger partial charge in [-0.05, 0) is 36.3 Å². The molecule has 2 rings (SSSR count). The van der Waals surface area contributed by atoms with Gasteiger partial charge in [0.2, 0.25) is 0 Å². The molecule has 1 aromatic rings. The Morgan fingerprint density at radius 1 is 1.37 bits per heavy atom. The molecule has 0 spiro atoms. The maximum absolute atomic E-state index is 6.12. The second-order valence-corrected chi connectivity index (χ2v) is 6.63. The lowest BCUT2D eigenvalue weighted by atomic mass is 9.86. The summed E-state index contributed by atoms with van der Waals surface area (Å²) in [5.41, 5.74) is 7.47. The van der Waals surface area contributed by atoms with E-state index < -0.39 is 0 Å². The number of methoxy groups -OCH3 is 1. The third kappa shape index (κ3) is 2.71. The monoisotopic (exact) mass is 262 g/mol. The largest absolute Gasteiger partial charge is 0.495 e. The highest BCUT2D eigenvalue weighted by atomic mass is 16.5. The minimum Gasteiger partial charge on any atom is -0.495 e. The Balaban J connectivity index is 2.29. The summed E-state index contributed by atoms with van der Waals surface area (Å²) in [6, 6.07) is 8.06. The highest BCUT2D eigenvalue weighted by Gasteiger charge is 2.47. The van der Waals surface area contributed by atoms with Crippen LogP contribution in [-0.2, 0) is 0 Å². The summed E-state index contributed by atoms with van der Waals surface area (Å²) in [6.07, 6.45) is 2.29. The zero-order chi connectivity index (χ0) is 14.1. The quantitative estimate of drug-likeness (QED) is 0.875. The Bertz CT molecular complexity index is 444. The minimum atomic E-state index is -0.0296. The lowest BCUT2D eigenvalue weighted by molar-refractivity contribution is 0.348. The SMILES string of the molecule is COc1ccccc1NC1(CN)CC(C)(C)CC1C. The fourth-order valence-corrected chi connectivity index (χ4v) is 3.63. The summed E-state index contributed by atoms with van der Waals surface area (Å²) in [6.45, 7) is 7.59. The molecule has 1 aliphatic carbocycles. The van der Waals surface area contributed by atoms with Gasteiger partial charge in [-0.1, -0.05) is 32.9 Å². The smallest absolute Gasteiger partial charge is 0.141 e. The third-order valence-corrected chi connectivity index (χ3v) is 4.45. The third-order valence-electron chi connectivity index (χ3n) is 4.45. The van der Waals surface area contributed by atoms with Gasteiger partial charge in [0.25, 0.3) is 0 Å². The number of ether oxygens (including phenoxy) is 1. The molecule has 2 unspecified atom stereocenters. The molecule has 0 bridgehead atoms. The lowest BCUT2D eigenvalue weighted by Gasteiger charge is -2.36. The van der Waals surface area contributed by atoms with Crippen LogP contribution in [0.4, 0.5) is 5.69 Å².